The molecule has 1 N–H and O–H groups in total. The van der Waals surface area contributed by atoms with E-state index in [0.717, 1.165) is 5.56 Å². The molecular formula is C24H26N2O4S. The molecule has 0 aromatic heterocycles. The summed E-state index contributed by atoms with van der Waals surface area (Å²) in [6.07, 6.45) is 0. The minimum absolute atomic E-state index is 0.219. The van der Waals surface area contributed by atoms with E-state index in [2.05, 4.69) is 5.32 Å². The highest BCUT2D eigenvalue weighted by Gasteiger charge is 2.23. The largest absolute Gasteiger partial charge is 0.494 e. The first-order chi connectivity index (χ1) is 14.7. The van der Waals surface area contributed by atoms with E-state index in [4.69, 9.17) is 4.74 Å². The zero-order valence-corrected chi connectivity index (χ0v) is 18.9. The molecular weight excluding hydrogens is 412 g/mol. The van der Waals surface area contributed by atoms with Gasteiger partial charge in [-0.2, -0.15) is 0 Å². The summed E-state index contributed by atoms with van der Waals surface area (Å²) < 4.78 is 32.6. The Bertz CT molecular complexity index is 1190. The van der Waals surface area contributed by atoms with Crippen LogP contribution in [0.3, 0.4) is 0 Å². The van der Waals surface area contributed by atoms with Crippen LogP contribution in [0.4, 0.5) is 11.4 Å². The van der Waals surface area contributed by atoms with Crippen LogP contribution in [0.15, 0.2) is 71.6 Å². The van der Waals surface area contributed by atoms with E-state index in [-0.39, 0.29) is 10.8 Å². The van der Waals surface area contributed by atoms with Gasteiger partial charge < -0.3 is 10.1 Å². The monoisotopic (exact) mass is 438 g/mol. The number of amides is 1. The smallest absolute Gasteiger partial charge is 0.264 e. The minimum Gasteiger partial charge on any atom is -0.494 e. The van der Waals surface area contributed by atoms with E-state index < -0.39 is 10.0 Å². The molecule has 0 heterocycles. The molecule has 7 heteroatoms. The second-order valence-corrected chi connectivity index (χ2v) is 9.17. The number of anilines is 2. The van der Waals surface area contributed by atoms with Crippen LogP contribution in [0, 0.1) is 13.8 Å². The van der Waals surface area contributed by atoms with Gasteiger partial charge in [0.05, 0.1) is 17.2 Å². The van der Waals surface area contributed by atoms with Gasteiger partial charge in [0.2, 0.25) is 0 Å². The van der Waals surface area contributed by atoms with Crippen molar-refractivity contribution in [2.75, 3.05) is 23.3 Å². The molecule has 162 valence electrons. The average molecular weight is 439 g/mol. The number of benzene rings is 3. The maximum absolute atomic E-state index is 13.0. The van der Waals surface area contributed by atoms with Crippen LogP contribution >= 0.6 is 0 Å². The van der Waals surface area contributed by atoms with Crippen molar-refractivity contribution in [2.24, 2.45) is 0 Å². The SMILES string of the molecule is CCOc1cccc(NC(=O)c2ccc(N(C)S(=O)(=O)c3ccc(C)cc3)c(C)c2)c1. The number of carbonyl (C=O) groups is 1. The van der Waals surface area contributed by atoms with E-state index in [1.807, 2.05) is 19.9 Å². The molecule has 0 fully saturated rings. The molecule has 6 nitrogen and oxygen atoms in total. The Morgan fingerprint density at radius 3 is 2.35 bits per heavy atom. The van der Waals surface area contributed by atoms with Gasteiger partial charge in [-0.05, 0) is 68.8 Å². The van der Waals surface area contributed by atoms with Gasteiger partial charge in [-0.1, -0.05) is 23.8 Å². The molecule has 0 aliphatic rings. The maximum atomic E-state index is 13.0. The fourth-order valence-electron chi connectivity index (χ4n) is 3.18. The Labute approximate surface area is 183 Å². The fourth-order valence-corrected chi connectivity index (χ4v) is 4.44. The van der Waals surface area contributed by atoms with Crippen LogP contribution < -0.4 is 14.4 Å². The number of hydrogen-bond acceptors (Lipinski definition) is 4. The zero-order chi connectivity index (χ0) is 22.6. The molecule has 0 saturated carbocycles. The number of aryl methyl sites for hydroxylation is 2. The molecule has 0 radical (unpaired) electrons. The lowest BCUT2D eigenvalue weighted by Gasteiger charge is -2.22. The molecule has 0 aliphatic heterocycles. The van der Waals surface area contributed by atoms with E-state index in [9.17, 15) is 13.2 Å². The van der Waals surface area contributed by atoms with Crippen molar-refractivity contribution in [3.8, 4) is 5.75 Å². The Hall–Kier alpha value is -3.32. The van der Waals surface area contributed by atoms with Gasteiger partial charge in [0, 0.05) is 24.4 Å². The quantitative estimate of drug-likeness (QED) is 0.576. The zero-order valence-electron chi connectivity index (χ0n) is 18.0. The summed E-state index contributed by atoms with van der Waals surface area (Å²) in [5.41, 5.74) is 3.23. The summed E-state index contributed by atoms with van der Waals surface area (Å²) in [7, 11) is -2.19. The number of ether oxygens (including phenoxy) is 1. The molecule has 3 aromatic rings. The molecule has 0 spiro atoms. The third kappa shape index (κ3) is 5.06. The van der Waals surface area contributed by atoms with Crippen LogP contribution in [0.2, 0.25) is 0 Å². The molecule has 0 saturated heterocycles. The lowest BCUT2D eigenvalue weighted by atomic mass is 10.1. The number of hydrogen-bond donors (Lipinski definition) is 1. The summed E-state index contributed by atoms with van der Waals surface area (Å²) in [6.45, 7) is 6.12. The van der Waals surface area contributed by atoms with E-state index in [1.54, 1.807) is 67.6 Å². The number of sulfonamides is 1. The standard InChI is InChI=1S/C24H26N2O4S/c1-5-30-21-8-6-7-20(16-21)25-24(27)19-11-14-23(18(3)15-19)26(4)31(28,29)22-12-9-17(2)10-13-22/h6-16H,5H2,1-4H3,(H,25,27). The highest BCUT2D eigenvalue weighted by Crippen LogP contribution is 2.27. The average Bonchev–Trinajstić information content (AvgIpc) is 2.74. The second kappa shape index (κ2) is 9.22. The van der Waals surface area contributed by atoms with Gasteiger partial charge in [-0.3, -0.25) is 9.10 Å². The number of carbonyl (C=O) groups excluding carboxylic acids is 1. The normalized spacial score (nSPS) is 11.1. The van der Waals surface area contributed by atoms with Crippen molar-refractivity contribution < 1.29 is 17.9 Å². The van der Waals surface area contributed by atoms with Crippen LogP contribution in [-0.2, 0) is 10.0 Å². The van der Waals surface area contributed by atoms with Crippen LogP contribution in [0.1, 0.15) is 28.4 Å². The minimum atomic E-state index is -3.70. The van der Waals surface area contributed by atoms with Crippen molar-refractivity contribution in [3.63, 3.8) is 0 Å². The Morgan fingerprint density at radius 1 is 1.00 bits per heavy atom. The molecule has 0 bridgehead atoms. The first-order valence-corrected chi connectivity index (χ1v) is 11.4. The lowest BCUT2D eigenvalue weighted by Crippen LogP contribution is -2.27. The molecule has 0 aliphatic carbocycles. The van der Waals surface area contributed by atoms with E-state index >= 15 is 0 Å². The molecule has 0 atom stereocenters. The van der Waals surface area contributed by atoms with Gasteiger partial charge in [-0.25, -0.2) is 8.42 Å². The van der Waals surface area contributed by atoms with Crippen molar-refractivity contribution in [3.05, 3.63) is 83.4 Å². The summed E-state index contributed by atoms with van der Waals surface area (Å²) in [4.78, 5) is 12.9. The predicted molar refractivity (Wildman–Crippen MR) is 124 cm³/mol. The summed E-state index contributed by atoms with van der Waals surface area (Å²) in [5, 5.41) is 2.84. The van der Waals surface area contributed by atoms with E-state index in [1.165, 1.54) is 11.4 Å². The Kier molecular flexibility index (Phi) is 6.65. The summed E-state index contributed by atoms with van der Waals surface area (Å²) in [5.74, 6) is 0.391. The van der Waals surface area contributed by atoms with Gasteiger partial charge in [0.15, 0.2) is 0 Å². The first kappa shape index (κ1) is 22.4. The third-order valence-electron chi connectivity index (χ3n) is 4.88. The van der Waals surface area contributed by atoms with Crippen molar-refractivity contribution >= 4 is 27.3 Å². The highest BCUT2D eigenvalue weighted by atomic mass is 32.2. The van der Waals surface area contributed by atoms with Crippen LogP contribution in [-0.4, -0.2) is 28.0 Å². The van der Waals surface area contributed by atoms with Gasteiger partial charge in [-0.15, -0.1) is 0 Å². The van der Waals surface area contributed by atoms with E-state index in [0.29, 0.717) is 34.9 Å². The lowest BCUT2D eigenvalue weighted by molar-refractivity contribution is 0.102. The number of nitrogens with one attached hydrogen (secondary N) is 1. The third-order valence-corrected chi connectivity index (χ3v) is 6.67. The topological polar surface area (TPSA) is 75.7 Å². The second-order valence-electron chi connectivity index (χ2n) is 7.20. The van der Waals surface area contributed by atoms with Crippen molar-refractivity contribution in [1.82, 2.24) is 0 Å². The van der Waals surface area contributed by atoms with Crippen LogP contribution in [0.5, 0.6) is 5.75 Å². The van der Waals surface area contributed by atoms with Gasteiger partial charge in [0.1, 0.15) is 5.75 Å². The Morgan fingerprint density at radius 2 is 1.71 bits per heavy atom. The van der Waals surface area contributed by atoms with Crippen molar-refractivity contribution in [1.29, 1.82) is 0 Å². The first-order valence-electron chi connectivity index (χ1n) is 9.93. The van der Waals surface area contributed by atoms with Gasteiger partial charge in [0.25, 0.3) is 15.9 Å². The fraction of sp³-hybridized carbons (Fsp3) is 0.208. The predicted octanol–water partition coefficient (Wildman–Crippen LogP) is 4.78. The highest BCUT2D eigenvalue weighted by molar-refractivity contribution is 7.92. The van der Waals surface area contributed by atoms with Gasteiger partial charge >= 0.3 is 0 Å². The van der Waals surface area contributed by atoms with Crippen molar-refractivity contribution in [2.45, 2.75) is 25.7 Å². The Balaban J connectivity index is 1.81. The maximum Gasteiger partial charge on any atom is 0.264 e. The molecule has 0 unspecified atom stereocenters. The summed E-state index contributed by atoms with van der Waals surface area (Å²) in [6, 6.07) is 18.8. The molecule has 31 heavy (non-hydrogen) atoms. The molecule has 3 aromatic carbocycles. The number of nitrogens with zero attached hydrogens (tertiary/aromatic N) is 1. The molecule has 3 rings (SSSR count). The van der Waals surface area contributed by atoms with Crippen LogP contribution in [0.25, 0.3) is 0 Å². The number of rotatable bonds is 7. The summed E-state index contributed by atoms with van der Waals surface area (Å²) >= 11 is 0. The molecule has 1 amide bonds.